The summed E-state index contributed by atoms with van der Waals surface area (Å²) in [5.41, 5.74) is 2.08. The predicted octanol–water partition coefficient (Wildman–Crippen LogP) is 2.19. The molecule has 6 nitrogen and oxygen atoms in total. The number of fused-ring (bicyclic) bond motifs is 1. The molecule has 2 heterocycles. The lowest BCUT2D eigenvalue weighted by Crippen LogP contribution is -2.40. The second kappa shape index (κ2) is 7.72. The zero-order chi connectivity index (χ0) is 16.9. The van der Waals surface area contributed by atoms with Crippen molar-refractivity contribution in [3.05, 3.63) is 23.8 Å². The molecule has 1 aromatic heterocycles. The summed E-state index contributed by atoms with van der Waals surface area (Å²) in [5, 5.41) is 9.50. The van der Waals surface area contributed by atoms with Gasteiger partial charge in [0.25, 0.3) is 0 Å². The highest BCUT2D eigenvalue weighted by Crippen LogP contribution is 2.26. The lowest BCUT2D eigenvalue weighted by Gasteiger charge is -2.10. The van der Waals surface area contributed by atoms with Crippen LogP contribution in [0.2, 0.25) is 0 Å². The number of thiazole rings is 1. The number of amides is 2. The minimum Gasteiger partial charge on any atom is -0.355 e. The fraction of sp³-hybridized carbons (Fsp3) is 0.471. The van der Waals surface area contributed by atoms with E-state index in [2.05, 4.69) is 27.0 Å². The number of rotatable bonds is 6. The molecule has 0 unspecified atom stereocenters. The van der Waals surface area contributed by atoms with Crippen LogP contribution in [0.5, 0.6) is 0 Å². The summed E-state index contributed by atoms with van der Waals surface area (Å²) in [6.07, 6.45) is 2.92. The normalized spacial score (nSPS) is 17.1. The van der Waals surface area contributed by atoms with Crippen LogP contribution in [0.25, 0.3) is 10.2 Å². The largest absolute Gasteiger partial charge is 0.355 e. The Morgan fingerprint density at radius 2 is 2.29 bits per heavy atom. The van der Waals surface area contributed by atoms with Gasteiger partial charge in [-0.25, -0.2) is 4.98 Å². The zero-order valence-corrected chi connectivity index (χ0v) is 14.5. The molecule has 0 bridgehead atoms. The second-order valence-electron chi connectivity index (χ2n) is 6.08. The van der Waals surface area contributed by atoms with Crippen molar-refractivity contribution in [3.8, 4) is 0 Å². The van der Waals surface area contributed by atoms with Gasteiger partial charge in [-0.05, 0) is 50.4 Å². The summed E-state index contributed by atoms with van der Waals surface area (Å²) in [5.74, 6) is -0.0338. The first-order valence-electron chi connectivity index (χ1n) is 8.30. The predicted molar refractivity (Wildman–Crippen MR) is 96.3 cm³/mol. The number of nitrogens with one attached hydrogen (secondary N) is 3. The molecule has 0 aliphatic carbocycles. The van der Waals surface area contributed by atoms with Crippen LogP contribution in [0.4, 0.5) is 5.13 Å². The maximum Gasteiger partial charge on any atom is 0.237 e. The molecule has 24 heavy (non-hydrogen) atoms. The summed E-state index contributed by atoms with van der Waals surface area (Å²) in [7, 11) is 0. The first-order chi connectivity index (χ1) is 11.6. The molecule has 1 saturated heterocycles. The molecule has 0 radical (unpaired) electrons. The van der Waals surface area contributed by atoms with Gasteiger partial charge < -0.3 is 16.0 Å². The Hall–Kier alpha value is -1.99. The highest BCUT2D eigenvalue weighted by atomic mass is 32.1. The summed E-state index contributed by atoms with van der Waals surface area (Å²) in [6.45, 7) is 3.46. The monoisotopic (exact) mass is 346 g/mol. The minimum atomic E-state index is -0.0704. The molecule has 1 fully saturated rings. The van der Waals surface area contributed by atoms with Crippen LogP contribution in [0.3, 0.4) is 0 Å². The van der Waals surface area contributed by atoms with Gasteiger partial charge in [0.15, 0.2) is 5.13 Å². The van der Waals surface area contributed by atoms with E-state index < -0.39 is 0 Å². The maximum absolute atomic E-state index is 12.0. The van der Waals surface area contributed by atoms with Crippen LogP contribution in [-0.4, -0.2) is 35.9 Å². The molecular weight excluding hydrogens is 324 g/mol. The SMILES string of the molecule is Cc1ccc2nc(NC(=O)CCCNC(=O)[C@H]3CCCN3)sc2c1. The molecule has 1 atom stereocenters. The number of carbonyl (C=O) groups excluding carboxylic acids is 2. The van der Waals surface area contributed by atoms with E-state index in [0.29, 0.717) is 24.5 Å². The fourth-order valence-electron chi connectivity index (χ4n) is 2.76. The van der Waals surface area contributed by atoms with E-state index >= 15 is 0 Å². The van der Waals surface area contributed by atoms with E-state index in [1.807, 2.05) is 19.1 Å². The lowest BCUT2D eigenvalue weighted by atomic mass is 10.2. The average Bonchev–Trinajstić information content (AvgIpc) is 3.20. The fourth-order valence-corrected chi connectivity index (χ4v) is 3.74. The standard InChI is InChI=1S/C17H22N4O2S/c1-11-6-7-12-14(10-11)24-17(20-12)21-15(22)5-3-9-19-16(23)13-4-2-8-18-13/h6-7,10,13,18H,2-5,8-9H2,1H3,(H,19,23)(H,20,21,22)/t13-/m1/s1. The third-order valence-electron chi connectivity index (χ3n) is 4.05. The number of benzene rings is 1. The first-order valence-corrected chi connectivity index (χ1v) is 9.11. The number of aromatic nitrogens is 1. The Bertz CT molecular complexity index is 737. The van der Waals surface area contributed by atoms with Crippen molar-refractivity contribution in [2.75, 3.05) is 18.4 Å². The molecule has 1 aliphatic heterocycles. The van der Waals surface area contributed by atoms with Crippen LogP contribution < -0.4 is 16.0 Å². The van der Waals surface area contributed by atoms with Gasteiger partial charge in [0, 0.05) is 13.0 Å². The number of carbonyl (C=O) groups is 2. The smallest absolute Gasteiger partial charge is 0.237 e. The van der Waals surface area contributed by atoms with Gasteiger partial charge in [-0.2, -0.15) is 0 Å². The van der Waals surface area contributed by atoms with Gasteiger partial charge in [0.05, 0.1) is 16.3 Å². The number of anilines is 1. The Morgan fingerprint density at radius 1 is 1.42 bits per heavy atom. The quantitative estimate of drug-likeness (QED) is 0.700. The summed E-state index contributed by atoms with van der Waals surface area (Å²) in [4.78, 5) is 28.2. The van der Waals surface area contributed by atoms with E-state index in [0.717, 1.165) is 29.6 Å². The third-order valence-corrected chi connectivity index (χ3v) is 4.98. The van der Waals surface area contributed by atoms with E-state index in [-0.39, 0.29) is 17.9 Å². The summed E-state index contributed by atoms with van der Waals surface area (Å²) >= 11 is 1.48. The lowest BCUT2D eigenvalue weighted by molar-refractivity contribution is -0.123. The van der Waals surface area contributed by atoms with Gasteiger partial charge in [-0.3, -0.25) is 9.59 Å². The maximum atomic E-state index is 12.0. The van der Waals surface area contributed by atoms with Crippen molar-refractivity contribution in [1.29, 1.82) is 0 Å². The van der Waals surface area contributed by atoms with E-state index in [1.54, 1.807) is 0 Å². The Kier molecular flexibility index (Phi) is 5.42. The first kappa shape index (κ1) is 16.9. The van der Waals surface area contributed by atoms with Gasteiger partial charge in [0.1, 0.15) is 0 Å². The molecule has 2 amide bonds. The van der Waals surface area contributed by atoms with Gasteiger partial charge in [0.2, 0.25) is 11.8 Å². The number of nitrogens with zero attached hydrogens (tertiary/aromatic N) is 1. The van der Waals surface area contributed by atoms with Crippen LogP contribution in [0.1, 0.15) is 31.2 Å². The second-order valence-corrected chi connectivity index (χ2v) is 7.11. The van der Waals surface area contributed by atoms with Crippen LogP contribution in [0.15, 0.2) is 18.2 Å². The third kappa shape index (κ3) is 4.30. The van der Waals surface area contributed by atoms with E-state index in [9.17, 15) is 9.59 Å². The highest BCUT2D eigenvalue weighted by molar-refractivity contribution is 7.22. The van der Waals surface area contributed by atoms with Crippen LogP contribution in [0, 0.1) is 6.92 Å². The molecule has 3 N–H and O–H groups in total. The average molecular weight is 346 g/mol. The minimum absolute atomic E-state index is 0.0365. The molecule has 7 heteroatoms. The molecular formula is C17H22N4O2S. The van der Waals surface area contributed by atoms with Crippen molar-refractivity contribution in [3.63, 3.8) is 0 Å². The van der Waals surface area contributed by atoms with Crippen molar-refractivity contribution >= 4 is 38.5 Å². The molecule has 2 aromatic rings. The number of hydrogen-bond acceptors (Lipinski definition) is 5. The highest BCUT2D eigenvalue weighted by Gasteiger charge is 2.21. The van der Waals surface area contributed by atoms with Crippen LogP contribution >= 0.6 is 11.3 Å². The van der Waals surface area contributed by atoms with E-state index in [4.69, 9.17) is 0 Å². The van der Waals surface area contributed by atoms with Gasteiger partial charge in [-0.15, -0.1) is 0 Å². The van der Waals surface area contributed by atoms with Gasteiger partial charge >= 0.3 is 0 Å². The molecule has 0 spiro atoms. The Labute approximate surface area is 145 Å². The zero-order valence-electron chi connectivity index (χ0n) is 13.7. The molecule has 1 aliphatic rings. The Balaban J connectivity index is 1.41. The summed E-state index contributed by atoms with van der Waals surface area (Å²) in [6, 6.07) is 5.97. The van der Waals surface area contributed by atoms with Crippen molar-refractivity contribution in [2.45, 2.75) is 38.6 Å². The van der Waals surface area contributed by atoms with Crippen molar-refractivity contribution < 1.29 is 9.59 Å². The number of aryl methyl sites for hydroxylation is 1. The topological polar surface area (TPSA) is 83.1 Å². The molecule has 1 aromatic carbocycles. The molecule has 3 rings (SSSR count). The summed E-state index contributed by atoms with van der Waals surface area (Å²) < 4.78 is 1.07. The van der Waals surface area contributed by atoms with E-state index in [1.165, 1.54) is 16.9 Å². The Morgan fingerprint density at radius 3 is 3.08 bits per heavy atom. The van der Waals surface area contributed by atoms with Crippen molar-refractivity contribution in [1.82, 2.24) is 15.6 Å². The van der Waals surface area contributed by atoms with Gasteiger partial charge in [-0.1, -0.05) is 17.4 Å². The molecule has 0 saturated carbocycles. The van der Waals surface area contributed by atoms with Crippen LogP contribution in [-0.2, 0) is 9.59 Å². The molecule has 128 valence electrons. The number of hydrogen-bond donors (Lipinski definition) is 3. The van der Waals surface area contributed by atoms with Crippen molar-refractivity contribution in [2.24, 2.45) is 0 Å².